The summed E-state index contributed by atoms with van der Waals surface area (Å²) in [6, 6.07) is 5.19. The highest BCUT2D eigenvalue weighted by Gasteiger charge is 2.33. The fourth-order valence-electron chi connectivity index (χ4n) is 3.56. The summed E-state index contributed by atoms with van der Waals surface area (Å²) in [6.45, 7) is 14.5. The van der Waals surface area contributed by atoms with Crippen LogP contribution in [0.15, 0.2) is 29.1 Å². The minimum absolute atomic E-state index is 0.237. The van der Waals surface area contributed by atoms with Gasteiger partial charge in [0.05, 0.1) is 11.0 Å². The Labute approximate surface area is 199 Å². The van der Waals surface area contributed by atoms with Crippen molar-refractivity contribution in [3.05, 3.63) is 34.7 Å². The number of ether oxygens (including phenoxy) is 1. The number of rotatable bonds is 6. The zero-order valence-corrected chi connectivity index (χ0v) is 21.3. The van der Waals surface area contributed by atoms with Crippen molar-refractivity contribution in [1.82, 2.24) is 19.8 Å². The number of alkyl carbamates (subject to hydrolysis) is 1. The summed E-state index contributed by atoms with van der Waals surface area (Å²) in [5.74, 6) is -0.687. The number of amides is 3. The molecule has 0 aliphatic carbocycles. The lowest BCUT2D eigenvalue weighted by Gasteiger charge is -2.29. The zero-order chi connectivity index (χ0) is 26.1. The maximum absolute atomic E-state index is 13.3. The molecule has 1 heterocycles. The van der Waals surface area contributed by atoms with E-state index in [1.807, 2.05) is 13.8 Å². The third-order valence-electron chi connectivity index (χ3n) is 5.26. The number of nitrogens with two attached hydrogens (primary N) is 1. The molecule has 4 N–H and O–H groups in total. The van der Waals surface area contributed by atoms with Crippen LogP contribution in [0.5, 0.6) is 0 Å². The molecule has 0 bridgehead atoms. The highest BCUT2D eigenvalue weighted by molar-refractivity contribution is 5.92. The van der Waals surface area contributed by atoms with Crippen molar-refractivity contribution < 1.29 is 19.1 Å². The van der Waals surface area contributed by atoms with Crippen molar-refractivity contribution in [3.63, 3.8) is 0 Å². The number of hydrogen-bond acceptors (Lipinski definition) is 5. The number of benzene rings is 1. The minimum atomic E-state index is -0.967. The monoisotopic (exact) mass is 475 g/mol. The van der Waals surface area contributed by atoms with Gasteiger partial charge in [0, 0.05) is 12.1 Å². The van der Waals surface area contributed by atoms with E-state index in [1.54, 1.807) is 65.8 Å². The summed E-state index contributed by atoms with van der Waals surface area (Å²) in [5, 5.41) is 5.42. The first kappa shape index (κ1) is 26.9. The number of primary amides is 1. The van der Waals surface area contributed by atoms with Gasteiger partial charge in [0.25, 0.3) is 0 Å². The Morgan fingerprint density at radius 1 is 1.00 bits per heavy atom. The van der Waals surface area contributed by atoms with Gasteiger partial charge < -0.3 is 21.1 Å². The Morgan fingerprint density at radius 2 is 1.56 bits per heavy atom. The third kappa shape index (κ3) is 6.61. The molecule has 0 radical (unpaired) electrons. The molecule has 10 nitrogen and oxygen atoms in total. The Morgan fingerprint density at radius 3 is 2.06 bits per heavy atom. The van der Waals surface area contributed by atoms with Crippen LogP contribution >= 0.6 is 0 Å². The van der Waals surface area contributed by atoms with Crippen molar-refractivity contribution in [2.24, 2.45) is 11.1 Å². The van der Waals surface area contributed by atoms with Crippen molar-refractivity contribution in [1.29, 1.82) is 0 Å². The normalized spacial score (nSPS) is 13.4. The van der Waals surface area contributed by atoms with E-state index in [-0.39, 0.29) is 6.54 Å². The van der Waals surface area contributed by atoms with E-state index in [0.29, 0.717) is 17.5 Å². The van der Waals surface area contributed by atoms with Crippen LogP contribution in [0.4, 0.5) is 9.59 Å². The van der Waals surface area contributed by atoms with Crippen molar-refractivity contribution in [2.45, 2.75) is 85.5 Å². The van der Waals surface area contributed by atoms with Gasteiger partial charge in [-0.15, -0.1) is 0 Å². The van der Waals surface area contributed by atoms with Gasteiger partial charge in [-0.05, 0) is 58.6 Å². The number of carbonyl (C=O) groups is 3. The first-order valence-corrected chi connectivity index (χ1v) is 11.2. The Balaban J connectivity index is 2.34. The molecule has 2 aromatic rings. The van der Waals surface area contributed by atoms with Gasteiger partial charge in [-0.1, -0.05) is 32.9 Å². The lowest BCUT2D eigenvalue weighted by molar-refractivity contribution is -0.122. The van der Waals surface area contributed by atoms with E-state index < -0.39 is 46.3 Å². The second-order valence-electron chi connectivity index (χ2n) is 11.2. The van der Waals surface area contributed by atoms with E-state index in [4.69, 9.17) is 10.5 Å². The standard InChI is InChI=1S/C24H37N5O5/c1-22(2,3)17(18(25)30)26-19(31)29-16-12-10-9-11-15(16)28(21(29)33)14-13-24(7,8)27-20(32)34-23(4,5)6/h9-12,17H,13-14H2,1-8H3,(H2,25,30)(H,26,31)(H,27,32)/t17-/m1/s1. The van der Waals surface area contributed by atoms with Crippen LogP contribution in [-0.2, 0) is 16.1 Å². The average Bonchev–Trinajstić information content (AvgIpc) is 2.92. The molecule has 0 aliphatic heterocycles. The van der Waals surface area contributed by atoms with Crippen LogP contribution in [0.25, 0.3) is 11.0 Å². The maximum Gasteiger partial charge on any atom is 0.408 e. The lowest BCUT2D eigenvalue weighted by Crippen LogP contribution is -2.54. The number of nitrogens with zero attached hydrogens (tertiary/aromatic N) is 2. The molecule has 1 aromatic heterocycles. The first-order valence-electron chi connectivity index (χ1n) is 11.2. The van der Waals surface area contributed by atoms with Crippen LogP contribution in [0.3, 0.4) is 0 Å². The second kappa shape index (κ2) is 9.52. The number of fused-ring (bicyclic) bond motifs is 1. The lowest BCUT2D eigenvalue weighted by atomic mass is 9.86. The quantitative estimate of drug-likeness (QED) is 0.590. The van der Waals surface area contributed by atoms with E-state index in [1.165, 1.54) is 4.57 Å². The smallest absolute Gasteiger partial charge is 0.408 e. The molecule has 2 rings (SSSR count). The number of nitrogens with one attached hydrogen (secondary N) is 2. The molecular weight excluding hydrogens is 438 g/mol. The molecule has 1 atom stereocenters. The Kier molecular flexibility index (Phi) is 7.54. The van der Waals surface area contributed by atoms with Gasteiger partial charge in [0.15, 0.2) is 0 Å². The summed E-state index contributed by atoms with van der Waals surface area (Å²) >= 11 is 0. The maximum atomic E-state index is 13.3. The van der Waals surface area contributed by atoms with Gasteiger partial charge in [0.2, 0.25) is 5.91 Å². The minimum Gasteiger partial charge on any atom is -0.444 e. The number of carbonyl (C=O) groups excluding carboxylic acids is 3. The van der Waals surface area contributed by atoms with E-state index >= 15 is 0 Å². The van der Waals surface area contributed by atoms with Crippen LogP contribution < -0.4 is 22.1 Å². The molecule has 1 aromatic carbocycles. The Bertz CT molecular complexity index is 1130. The molecular formula is C24H37N5O5. The molecule has 0 saturated carbocycles. The van der Waals surface area contributed by atoms with Gasteiger partial charge >= 0.3 is 17.8 Å². The summed E-state index contributed by atoms with van der Waals surface area (Å²) in [6.07, 6.45) is -0.153. The second-order valence-corrected chi connectivity index (χ2v) is 11.2. The van der Waals surface area contributed by atoms with Gasteiger partial charge in [-0.2, -0.15) is 0 Å². The van der Waals surface area contributed by atoms with Crippen LogP contribution in [0.1, 0.15) is 61.8 Å². The topological polar surface area (TPSA) is 137 Å². The number of aromatic nitrogens is 2. The number of aryl methyl sites for hydroxylation is 1. The van der Waals surface area contributed by atoms with Gasteiger partial charge in [0.1, 0.15) is 11.6 Å². The van der Waals surface area contributed by atoms with Crippen LogP contribution in [-0.4, -0.2) is 44.3 Å². The van der Waals surface area contributed by atoms with Gasteiger partial charge in [-0.3, -0.25) is 9.36 Å². The molecule has 0 fully saturated rings. The fourth-order valence-corrected chi connectivity index (χ4v) is 3.56. The highest BCUT2D eigenvalue weighted by atomic mass is 16.6. The predicted molar refractivity (Wildman–Crippen MR) is 131 cm³/mol. The van der Waals surface area contributed by atoms with E-state index in [0.717, 1.165) is 4.57 Å². The van der Waals surface area contributed by atoms with Crippen molar-refractivity contribution >= 4 is 29.1 Å². The molecule has 188 valence electrons. The number of hydrogen-bond donors (Lipinski definition) is 3. The number of para-hydroxylation sites is 2. The van der Waals surface area contributed by atoms with E-state index in [2.05, 4.69) is 10.6 Å². The third-order valence-corrected chi connectivity index (χ3v) is 5.26. The number of imidazole rings is 1. The first-order chi connectivity index (χ1) is 15.4. The van der Waals surface area contributed by atoms with E-state index in [9.17, 15) is 19.2 Å². The van der Waals surface area contributed by atoms with Crippen LogP contribution in [0.2, 0.25) is 0 Å². The predicted octanol–water partition coefficient (Wildman–Crippen LogP) is 2.95. The molecule has 0 spiro atoms. The molecule has 10 heteroatoms. The molecule has 3 amide bonds. The summed E-state index contributed by atoms with van der Waals surface area (Å²) in [4.78, 5) is 50.5. The average molecular weight is 476 g/mol. The van der Waals surface area contributed by atoms with Gasteiger partial charge in [-0.25, -0.2) is 19.0 Å². The SMILES string of the molecule is CC(C)(CCn1c(=O)n(C(=O)N[C@H](C(N)=O)C(C)(C)C)c2ccccc21)NC(=O)OC(C)(C)C. The largest absolute Gasteiger partial charge is 0.444 e. The molecule has 0 unspecified atom stereocenters. The molecule has 0 saturated heterocycles. The zero-order valence-electron chi connectivity index (χ0n) is 21.3. The fraction of sp³-hybridized carbons (Fsp3) is 0.583. The van der Waals surface area contributed by atoms with Crippen molar-refractivity contribution in [3.8, 4) is 0 Å². The molecule has 34 heavy (non-hydrogen) atoms. The summed E-state index contributed by atoms with van der Waals surface area (Å²) in [7, 11) is 0. The Hall–Kier alpha value is -3.30. The summed E-state index contributed by atoms with van der Waals surface area (Å²) in [5.41, 5.74) is 3.94. The highest BCUT2D eigenvalue weighted by Crippen LogP contribution is 2.20. The molecule has 0 aliphatic rings. The van der Waals surface area contributed by atoms with Crippen molar-refractivity contribution in [2.75, 3.05) is 0 Å². The summed E-state index contributed by atoms with van der Waals surface area (Å²) < 4.78 is 7.81. The van der Waals surface area contributed by atoms with Crippen LogP contribution in [0, 0.1) is 5.41 Å².